The molecule has 4 heteroatoms. The Balaban J connectivity index is 2.39. The number of nitrogens with one attached hydrogen (secondary N) is 1. The number of nitrogen functional groups attached to an aromatic ring is 1. The van der Waals surface area contributed by atoms with Gasteiger partial charge in [0.15, 0.2) is 0 Å². The van der Waals surface area contributed by atoms with Gasteiger partial charge in [-0.15, -0.1) is 0 Å². The third-order valence-corrected chi connectivity index (χ3v) is 3.66. The summed E-state index contributed by atoms with van der Waals surface area (Å²) in [5.74, 6) is 0.0308. The van der Waals surface area contributed by atoms with Crippen molar-refractivity contribution in [1.29, 1.82) is 5.41 Å². The fourth-order valence-electron chi connectivity index (χ4n) is 2.21. The van der Waals surface area contributed by atoms with Gasteiger partial charge in [-0.3, -0.25) is 5.41 Å². The molecule has 0 aromatic heterocycles. The third-order valence-electron chi connectivity index (χ3n) is 3.35. The Kier molecular flexibility index (Phi) is 5.23. The van der Waals surface area contributed by atoms with Crippen LogP contribution < -0.4 is 10.6 Å². The lowest BCUT2D eigenvalue weighted by atomic mass is 10.1. The van der Waals surface area contributed by atoms with Crippen molar-refractivity contribution >= 4 is 28.8 Å². The van der Waals surface area contributed by atoms with Crippen LogP contribution >= 0.6 is 11.6 Å². The van der Waals surface area contributed by atoms with Gasteiger partial charge < -0.3 is 10.6 Å². The van der Waals surface area contributed by atoms with Gasteiger partial charge in [-0.1, -0.05) is 43.1 Å². The molecular formula is C17H20ClN3. The molecule has 0 heterocycles. The van der Waals surface area contributed by atoms with Gasteiger partial charge in [0.2, 0.25) is 0 Å². The fraction of sp³-hybridized carbons (Fsp3) is 0.235. The van der Waals surface area contributed by atoms with Gasteiger partial charge in [-0.25, -0.2) is 0 Å². The quantitative estimate of drug-likeness (QED) is 0.607. The van der Waals surface area contributed by atoms with Crippen LogP contribution in [0.1, 0.15) is 25.3 Å². The van der Waals surface area contributed by atoms with Gasteiger partial charge in [0.25, 0.3) is 0 Å². The average Bonchev–Trinajstić information content (AvgIpc) is 2.50. The molecule has 0 aliphatic rings. The Labute approximate surface area is 130 Å². The van der Waals surface area contributed by atoms with E-state index in [4.69, 9.17) is 22.7 Å². The van der Waals surface area contributed by atoms with Crippen LogP contribution in [-0.2, 0) is 0 Å². The highest BCUT2D eigenvalue weighted by Crippen LogP contribution is 2.32. The topological polar surface area (TPSA) is 53.1 Å². The third kappa shape index (κ3) is 3.76. The lowest BCUT2D eigenvalue weighted by Gasteiger charge is -2.26. The van der Waals surface area contributed by atoms with Gasteiger partial charge in [-0.2, -0.15) is 0 Å². The number of amidine groups is 1. The summed E-state index contributed by atoms with van der Waals surface area (Å²) in [5, 5.41) is 8.10. The molecule has 3 nitrogen and oxygen atoms in total. The number of para-hydroxylation sites is 1. The lowest BCUT2D eigenvalue weighted by Crippen LogP contribution is -2.19. The smallest absolute Gasteiger partial charge is 0.122 e. The zero-order valence-electron chi connectivity index (χ0n) is 12.1. The molecule has 0 saturated heterocycles. The maximum atomic E-state index is 7.49. The number of hydrogen-bond acceptors (Lipinski definition) is 2. The Morgan fingerprint density at radius 2 is 1.90 bits per heavy atom. The van der Waals surface area contributed by atoms with E-state index >= 15 is 0 Å². The normalized spacial score (nSPS) is 10.4. The monoisotopic (exact) mass is 301 g/mol. The SMILES string of the molecule is CCCCN(c1ccccc1)c1ccc(C(=N)N)cc1Cl. The minimum absolute atomic E-state index is 0.0308. The molecule has 3 N–H and O–H groups in total. The molecule has 2 aromatic rings. The van der Waals surface area contributed by atoms with Crippen LogP contribution in [0.3, 0.4) is 0 Å². The first kappa shape index (κ1) is 15.4. The Morgan fingerprint density at radius 1 is 1.19 bits per heavy atom. The van der Waals surface area contributed by atoms with Gasteiger partial charge in [0.1, 0.15) is 5.84 Å². The van der Waals surface area contributed by atoms with Crippen LogP contribution in [0, 0.1) is 5.41 Å². The number of rotatable bonds is 6. The number of benzene rings is 2. The van der Waals surface area contributed by atoms with Gasteiger partial charge in [0.05, 0.1) is 10.7 Å². The van der Waals surface area contributed by atoms with Crippen molar-refractivity contribution in [1.82, 2.24) is 0 Å². The van der Waals surface area contributed by atoms with Gasteiger partial charge >= 0.3 is 0 Å². The average molecular weight is 302 g/mol. The van der Waals surface area contributed by atoms with E-state index in [9.17, 15) is 0 Å². The van der Waals surface area contributed by atoms with Crippen molar-refractivity contribution in [3.63, 3.8) is 0 Å². The highest BCUT2D eigenvalue weighted by molar-refractivity contribution is 6.33. The van der Waals surface area contributed by atoms with Crippen LogP contribution in [0.4, 0.5) is 11.4 Å². The fourth-order valence-corrected chi connectivity index (χ4v) is 2.49. The van der Waals surface area contributed by atoms with E-state index in [1.165, 1.54) is 0 Å². The van der Waals surface area contributed by atoms with Crippen LogP contribution in [-0.4, -0.2) is 12.4 Å². The molecular weight excluding hydrogens is 282 g/mol. The number of anilines is 2. The van der Waals surface area contributed by atoms with Gasteiger partial charge in [-0.05, 0) is 36.8 Å². The van der Waals surface area contributed by atoms with Crippen molar-refractivity contribution in [2.45, 2.75) is 19.8 Å². The molecule has 21 heavy (non-hydrogen) atoms. The highest BCUT2D eigenvalue weighted by Gasteiger charge is 2.13. The summed E-state index contributed by atoms with van der Waals surface area (Å²) >= 11 is 6.40. The number of hydrogen-bond donors (Lipinski definition) is 2. The van der Waals surface area contributed by atoms with E-state index in [1.807, 2.05) is 30.3 Å². The number of nitrogens with two attached hydrogens (primary N) is 1. The summed E-state index contributed by atoms with van der Waals surface area (Å²) in [6, 6.07) is 15.7. The second-order valence-electron chi connectivity index (χ2n) is 4.92. The van der Waals surface area contributed by atoms with Crippen molar-refractivity contribution in [3.05, 3.63) is 59.1 Å². The Bertz CT molecular complexity index is 611. The Morgan fingerprint density at radius 3 is 2.48 bits per heavy atom. The standard InChI is InChI=1S/C17H20ClN3/c1-2-3-11-21(14-7-5-4-6-8-14)16-10-9-13(17(19)20)12-15(16)18/h4-10,12H,2-3,11H2,1H3,(H3,19,20). The first-order valence-corrected chi connectivity index (χ1v) is 7.47. The molecule has 0 unspecified atom stereocenters. The van der Waals surface area contributed by atoms with Crippen molar-refractivity contribution in [2.75, 3.05) is 11.4 Å². The number of nitrogens with zero attached hydrogens (tertiary/aromatic N) is 1. The second-order valence-corrected chi connectivity index (χ2v) is 5.33. The van der Waals surface area contributed by atoms with Crippen LogP contribution in [0.25, 0.3) is 0 Å². The van der Waals surface area contributed by atoms with Crippen LogP contribution in [0.2, 0.25) is 5.02 Å². The molecule has 0 aliphatic carbocycles. The van der Waals surface area contributed by atoms with E-state index in [1.54, 1.807) is 6.07 Å². The molecule has 2 rings (SSSR count). The first-order valence-electron chi connectivity index (χ1n) is 7.10. The molecule has 0 radical (unpaired) electrons. The van der Waals surface area contributed by atoms with E-state index < -0.39 is 0 Å². The lowest BCUT2D eigenvalue weighted by molar-refractivity contribution is 0.786. The maximum absolute atomic E-state index is 7.49. The molecule has 0 saturated carbocycles. The minimum atomic E-state index is 0.0308. The van der Waals surface area contributed by atoms with E-state index in [0.29, 0.717) is 10.6 Å². The summed E-state index contributed by atoms with van der Waals surface area (Å²) in [7, 11) is 0. The number of unbranched alkanes of at least 4 members (excludes halogenated alkanes) is 1. The summed E-state index contributed by atoms with van der Waals surface area (Å²) in [6.07, 6.45) is 2.20. The highest BCUT2D eigenvalue weighted by atomic mass is 35.5. The predicted molar refractivity (Wildman–Crippen MR) is 90.8 cm³/mol. The molecule has 0 fully saturated rings. The summed E-state index contributed by atoms with van der Waals surface area (Å²) < 4.78 is 0. The van der Waals surface area contributed by atoms with E-state index in [0.717, 1.165) is 30.8 Å². The molecule has 0 amide bonds. The molecule has 0 aliphatic heterocycles. The first-order chi connectivity index (χ1) is 10.1. The molecule has 0 spiro atoms. The molecule has 0 bridgehead atoms. The van der Waals surface area contributed by atoms with Crippen molar-refractivity contribution in [3.8, 4) is 0 Å². The number of halogens is 1. The van der Waals surface area contributed by atoms with E-state index in [-0.39, 0.29) is 5.84 Å². The summed E-state index contributed by atoms with van der Waals surface area (Å²) in [6.45, 7) is 3.07. The largest absolute Gasteiger partial charge is 0.384 e. The summed E-state index contributed by atoms with van der Waals surface area (Å²) in [5.41, 5.74) is 8.22. The molecule has 2 aromatic carbocycles. The predicted octanol–water partition coefficient (Wildman–Crippen LogP) is 4.56. The van der Waals surface area contributed by atoms with E-state index in [2.05, 4.69) is 24.0 Å². The van der Waals surface area contributed by atoms with Crippen molar-refractivity contribution in [2.24, 2.45) is 5.73 Å². The second kappa shape index (κ2) is 7.14. The molecule has 0 atom stereocenters. The zero-order chi connectivity index (χ0) is 15.2. The molecule has 110 valence electrons. The van der Waals surface area contributed by atoms with Crippen molar-refractivity contribution < 1.29 is 0 Å². The Hall–Kier alpha value is -2.00. The minimum Gasteiger partial charge on any atom is -0.384 e. The maximum Gasteiger partial charge on any atom is 0.122 e. The van der Waals surface area contributed by atoms with Gasteiger partial charge in [0, 0.05) is 17.8 Å². The summed E-state index contributed by atoms with van der Waals surface area (Å²) in [4.78, 5) is 2.20. The zero-order valence-corrected chi connectivity index (χ0v) is 12.9. The van der Waals surface area contributed by atoms with Crippen LogP contribution in [0.15, 0.2) is 48.5 Å². The van der Waals surface area contributed by atoms with Crippen LogP contribution in [0.5, 0.6) is 0 Å².